The van der Waals surface area contributed by atoms with Crippen molar-refractivity contribution in [2.75, 3.05) is 37.9 Å². The van der Waals surface area contributed by atoms with Gasteiger partial charge in [0, 0.05) is 31.6 Å². The summed E-state index contributed by atoms with van der Waals surface area (Å²) in [5.74, 6) is -2.42. The van der Waals surface area contributed by atoms with E-state index in [9.17, 15) is 18.3 Å². The number of sulfonamides is 1. The molecule has 4 aromatic carbocycles. The first-order chi connectivity index (χ1) is 24.0. The van der Waals surface area contributed by atoms with Crippen molar-refractivity contribution < 1.29 is 36.6 Å². The number of aliphatic carboxylic acids is 1. The second-order valence-corrected chi connectivity index (χ2v) is 13.4. The van der Waals surface area contributed by atoms with Crippen LogP contribution in [0, 0.1) is 11.6 Å². The number of nitrogens with one attached hydrogen (secondary N) is 2. The van der Waals surface area contributed by atoms with Crippen molar-refractivity contribution in [3.05, 3.63) is 108 Å². The number of methoxy groups -OCH3 is 2. The van der Waals surface area contributed by atoms with Crippen molar-refractivity contribution in [2.24, 2.45) is 0 Å². The SMILES string of the molecule is COc1cccc(OC)c1-c1ccc(CC(Nc2c(F)cc(NS(=O)(=O)c3ccc(-n4cncn4)cc3)cc2F)C(=O)O)c2c1CN(C)CC2. The highest BCUT2D eigenvalue weighted by Gasteiger charge is 2.28. The number of aromatic nitrogens is 3. The number of fused-ring (bicyclic) bond motifs is 1. The molecule has 1 aromatic heterocycles. The lowest BCUT2D eigenvalue weighted by Gasteiger charge is -2.30. The van der Waals surface area contributed by atoms with E-state index in [1.54, 1.807) is 14.2 Å². The lowest BCUT2D eigenvalue weighted by Crippen LogP contribution is -2.34. The Bertz CT molecular complexity index is 2100. The van der Waals surface area contributed by atoms with Gasteiger partial charge in [0.25, 0.3) is 10.0 Å². The number of hydrogen-bond acceptors (Lipinski definition) is 9. The fourth-order valence-electron chi connectivity index (χ4n) is 6.13. The summed E-state index contributed by atoms with van der Waals surface area (Å²) >= 11 is 0. The highest BCUT2D eigenvalue weighted by molar-refractivity contribution is 7.92. The van der Waals surface area contributed by atoms with Gasteiger partial charge in [-0.25, -0.2) is 31.7 Å². The fourth-order valence-corrected chi connectivity index (χ4v) is 7.17. The normalized spacial score (nSPS) is 13.7. The van der Waals surface area contributed by atoms with Gasteiger partial charge in [0.1, 0.15) is 35.9 Å². The zero-order chi connectivity index (χ0) is 35.6. The van der Waals surface area contributed by atoms with Gasteiger partial charge in [-0.15, -0.1) is 0 Å². The first kappa shape index (κ1) is 34.3. The number of benzene rings is 4. The molecule has 0 saturated heterocycles. The van der Waals surface area contributed by atoms with E-state index in [0.717, 1.165) is 40.9 Å². The summed E-state index contributed by atoms with van der Waals surface area (Å²) in [7, 11) is 0.918. The molecule has 0 bridgehead atoms. The van der Waals surface area contributed by atoms with Crippen molar-refractivity contribution >= 4 is 27.4 Å². The summed E-state index contributed by atoms with van der Waals surface area (Å²) in [6.07, 6.45) is 3.32. The zero-order valence-electron chi connectivity index (χ0n) is 27.4. The Morgan fingerprint density at radius 2 is 1.68 bits per heavy atom. The van der Waals surface area contributed by atoms with E-state index in [0.29, 0.717) is 35.7 Å². The zero-order valence-corrected chi connectivity index (χ0v) is 28.2. The van der Waals surface area contributed by atoms with Crippen molar-refractivity contribution in [1.29, 1.82) is 0 Å². The van der Waals surface area contributed by atoms with E-state index in [2.05, 4.69) is 25.0 Å². The monoisotopic (exact) mass is 704 g/mol. The average Bonchev–Trinajstić information content (AvgIpc) is 3.64. The molecule has 2 heterocycles. The van der Waals surface area contributed by atoms with Gasteiger partial charge in [-0.1, -0.05) is 18.2 Å². The molecule has 15 heteroatoms. The van der Waals surface area contributed by atoms with Crippen LogP contribution in [0.1, 0.15) is 16.7 Å². The van der Waals surface area contributed by atoms with Crippen molar-refractivity contribution in [1.82, 2.24) is 19.7 Å². The van der Waals surface area contributed by atoms with Crippen LogP contribution >= 0.6 is 0 Å². The fraction of sp³-hybridized carbons (Fsp3) is 0.229. The van der Waals surface area contributed by atoms with E-state index in [4.69, 9.17) is 9.47 Å². The van der Waals surface area contributed by atoms with Gasteiger partial charge in [0.05, 0.1) is 36.1 Å². The van der Waals surface area contributed by atoms with Gasteiger partial charge in [-0.3, -0.25) is 4.72 Å². The first-order valence-corrected chi connectivity index (χ1v) is 17.0. The quantitative estimate of drug-likeness (QED) is 0.160. The molecule has 1 unspecified atom stereocenters. The van der Waals surface area contributed by atoms with Gasteiger partial charge >= 0.3 is 5.97 Å². The average molecular weight is 705 g/mol. The second kappa shape index (κ2) is 14.1. The Hall–Kier alpha value is -5.54. The van der Waals surface area contributed by atoms with E-state index in [1.807, 2.05) is 37.4 Å². The van der Waals surface area contributed by atoms with Crippen LogP contribution in [0.5, 0.6) is 11.5 Å². The van der Waals surface area contributed by atoms with E-state index in [-0.39, 0.29) is 17.0 Å². The van der Waals surface area contributed by atoms with Crippen LogP contribution in [0.4, 0.5) is 20.2 Å². The summed E-state index contributed by atoms with van der Waals surface area (Å²) in [5.41, 5.74) is 3.78. The largest absolute Gasteiger partial charge is 0.496 e. The lowest BCUT2D eigenvalue weighted by atomic mass is 9.85. The molecule has 260 valence electrons. The van der Waals surface area contributed by atoms with Crippen molar-refractivity contribution in [3.8, 4) is 28.3 Å². The maximum Gasteiger partial charge on any atom is 0.326 e. The van der Waals surface area contributed by atoms with Crippen LogP contribution in [0.15, 0.2) is 84.3 Å². The molecule has 50 heavy (non-hydrogen) atoms. The Labute approximate surface area is 287 Å². The molecule has 6 rings (SSSR count). The van der Waals surface area contributed by atoms with Gasteiger partial charge in [-0.05, 0) is 72.1 Å². The third-order valence-electron chi connectivity index (χ3n) is 8.56. The summed E-state index contributed by atoms with van der Waals surface area (Å²) in [4.78, 5) is 18.3. The third kappa shape index (κ3) is 6.95. The van der Waals surface area contributed by atoms with E-state index >= 15 is 8.78 Å². The topological polar surface area (TPSA) is 148 Å². The Kier molecular flexibility index (Phi) is 9.70. The first-order valence-electron chi connectivity index (χ1n) is 15.5. The Morgan fingerprint density at radius 3 is 2.28 bits per heavy atom. The highest BCUT2D eigenvalue weighted by Crippen LogP contribution is 2.43. The van der Waals surface area contributed by atoms with E-state index < -0.39 is 39.4 Å². The Morgan fingerprint density at radius 1 is 1.00 bits per heavy atom. The molecule has 1 aliphatic rings. The van der Waals surface area contributed by atoms with Crippen molar-refractivity contribution in [3.63, 3.8) is 0 Å². The number of carbonyl (C=O) groups is 1. The molecule has 0 spiro atoms. The minimum atomic E-state index is -4.23. The van der Waals surface area contributed by atoms with Crippen LogP contribution in [-0.4, -0.2) is 73.0 Å². The summed E-state index contributed by atoms with van der Waals surface area (Å²) in [6.45, 7) is 1.31. The lowest BCUT2D eigenvalue weighted by molar-refractivity contribution is -0.137. The minimum Gasteiger partial charge on any atom is -0.496 e. The molecular weight excluding hydrogens is 670 g/mol. The number of halogens is 2. The van der Waals surface area contributed by atoms with Gasteiger partial charge in [0.15, 0.2) is 11.6 Å². The molecule has 1 atom stereocenters. The summed E-state index contributed by atoms with van der Waals surface area (Å²) < 4.78 is 71.7. The van der Waals surface area contributed by atoms with Gasteiger partial charge in [-0.2, -0.15) is 5.10 Å². The number of anilines is 2. The second-order valence-electron chi connectivity index (χ2n) is 11.7. The third-order valence-corrected chi connectivity index (χ3v) is 9.96. The van der Waals surface area contributed by atoms with Crippen LogP contribution in [0.2, 0.25) is 0 Å². The molecule has 0 amide bonds. The maximum atomic E-state index is 15.4. The number of carboxylic acids is 1. The Balaban J connectivity index is 1.25. The summed E-state index contributed by atoms with van der Waals surface area (Å²) in [6, 6.07) is 15.0. The van der Waals surface area contributed by atoms with E-state index in [1.165, 1.54) is 41.6 Å². The van der Waals surface area contributed by atoms with Crippen LogP contribution in [0.3, 0.4) is 0 Å². The molecule has 0 saturated carbocycles. The molecule has 1 aliphatic heterocycles. The van der Waals surface area contributed by atoms with Gasteiger partial charge < -0.3 is 24.8 Å². The van der Waals surface area contributed by atoms with Crippen LogP contribution in [-0.2, 0) is 34.2 Å². The molecule has 12 nitrogen and oxygen atoms in total. The summed E-state index contributed by atoms with van der Waals surface area (Å²) in [5, 5.41) is 16.7. The number of hydrogen-bond donors (Lipinski definition) is 3. The number of ether oxygens (including phenoxy) is 2. The number of carboxylic acid groups (broad SMARTS) is 1. The van der Waals surface area contributed by atoms with Crippen LogP contribution in [0.25, 0.3) is 16.8 Å². The van der Waals surface area contributed by atoms with Crippen LogP contribution < -0.4 is 19.5 Å². The molecular formula is C35H34F2N6O6S. The molecule has 3 N–H and O–H groups in total. The number of nitrogens with zero attached hydrogens (tertiary/aromatic N) is 4. The van der Waals surface area contributed by atoms with Crippen molar-refractivity contribution in [2.45, 2.75) is 30.3 Å². The molecule has 0 radical (unpaired) electrons. The number of likely N-dealkylation sites (N-methyl/N-ethyl adjacent to an activating group) is 1. The minimum absolute atomic E-state index is 0.0808. The molecule has 0 aliphatic carbocycles. The predicted molar refractivity (Wildman–Crippen MR) is 182 cm³/mol. The predicted octanol–water partition coefficient (Wildman–Crippen LogP) is 5.13. The maximum absolute atomic E-state index is 15.4. The standard InChI is InChI=1S/C35H34F2N6O6S/c1-42-14-13-25-21(7-12-26(27(25)18-42)33-31(48-2)5-4-6-32(33)49-3)15-30(35(44)45)40-34-28(36)16-22(17-29(34)37)41-50(46,47)24-10-8-23(9-11-24)43-20-38-19-39-43/h4-12,16-17,19-20,30,40-41H,13-15,18H2,1-3H3,(H,44,45). The number of rotatable bonds is 12. The van der Waals surface area contributed by atoms with Gasteiger partial charge in [0.2, 0.25) is 0 Å². The molecule has 5 aromatic rings. The highest BCUT2D eigenvalue weighted by atomic mass is 32.2. The molecule has 0 fully saturated rings. The smallest absolute Gasteiger partial charge is 0.326 e.